The smallest absolute Gasteiger partial charge is 0.257 e. The number of rotatable bonds is 4. The van der Waals surface area contributed by atoms with Crippen molar-refractivity contribution < 1.29 is 9.18 Å². The van der Waals surface area contributed by atoms with Crippen molar-refractivity contribution in [2.24, 2.45) is 0 Å². The first-order chi connectivity index (χ1) is 15.2. The van der Waals surface area contributed by atoms with Crippen LogP contribution in [0.15, 0.2) is 60.8 Å². The topological polar surface area (TPSA) is 50.2 Å². The molecule has 6 heteroatoms. The van der Waals surface area contributed by atoms with Gasteiger partial charge in [-0.2, -0.15) is 5.10 Å². The fourth-order valence-electron chi connectivity index (χ4n) is 4.91. The molecule has 0 aliphatic carbocycles. The lowest BCUT2D eigenvalue weighted by atomic mass is 9.91. The molecule has 0 spiro atoms. The van der Waals surface area contributed by atoms with Gasteiger partial charge in [-0.15, -0.1) is 0 Å². The lowest BCUT2D eigenvalue weighted by Crippen LogP contribution is -2.32. The first-order valence-corrected chi connectivity index (χ1v) is 11.1. The number of piperidine rings is 1. The number of halogens is 1. The average Bonchev–Trinajstić information content (AvgIpc) is 3.48. The van der Waals surface area contributed by atoms with E-state index in [4.69, 9.17) is 0 Å². The van der Waals surface area contributed by atoms with Crippen LogP contribution in [-0.4, -0.2) is 46.8 Å². The van der Waals surface area contributed by atoms with Gasteiger partial charge in [0.15, 0.2) is 0 Å². The van der Waals surface area contributed by atoms with Crippen LogP contribution < -0.4 is 5.32 Å². The van der Waals surface area contributed by atoms with Crippen molar-refractivity contribution in [3.8, 4) is 5.69 Å². The van der Waals surface area contributed by atoms with Crippen LogP contribution in [0.5, 0.6) is 0 Å². The predicted molar refractivity (Wildman–Crippen MR) is 118 cm³/mol. The molecule has 2 fully saturated rings. The minimum Gasteiger partial charge on any atom is -0.338 e. The molecule has 3 aromatic rings. The molecular weight excluding hydrogens is 391 g/mol. The molecule has 31 heavy (non-hydrogen) atoms. The molecule has 5 rings (SSSR count). The summed E-state index contributed by atoms with van der Waals surface area (Å²) in [6.07, 6.45) is 4.60. The summed E-state index contributed by atoms with van der Waals surface area (Å²) in [4.78, 5) is 15.5. The Hall–Kier alpha value is -2.99. The molecule has 3 heterocycles. The normalized spacial score (nSPS) is 19.6. The Morgan fingerprint density at radius 2 is 1.71 bits per heavy atom. The van der Waals surface area contributed by atoms with Crippen molar-refractivity contribution in [2.75, 3.05) is 26.2 Å². The molecule has 2 saturated heterocycles. The van der Waals surface area contributed by atoms with Crippen molar-refractivity contribution in [3.63, 3.8) is 0 Å². The quantitative estimate of drug-likeness (QED) is 0.694. The third-order valence-corrected chi connectivity index (χ3v) is 6.58. The molecule has 0 saturated carbocycles. The first-order valence-electron chi connectivity index (χ1n) is 11.1. The van der Waals surface area contributed by atoms with Crippen LogP contribution in [0, 0.1) is 5.82 Å². The number of aromatic nitrogens is 2. The van der Waals surface area contributed by atoms with E-state index in [0.29, 0.717) is 11.5 Å². The van der Waals surface area contributed by atoms with E-state index in [1.165, 1.54) is 17.7 Å². The van der Waals surface area contributed by atoms with Crippen LogP contribution >= 0.6 is 0 Å². The fourth-order valence-corrected chi connectivity index (χ4v) is 4.91. The molecule has 1 amide bonds. The van der Waals surface area contributed by atoms with Crippen LogP contribution in [0.25, 0.3) is 5.69 Å². The highest BCUT2D eigenvalue weighted by Gasteiger charge is 2.33. The second-order valence-corrected chi connectivity index (χ2v) is 8.50. The maximum Gasteiger partial charge on any atom is 0.257 e. The Labute approximate surface area is 181 Å². The van der Waals surface area contributed by atoms with E-state index < -0.39 is 0 Å². The van der Waals surface area contributed by atoms with Gasteiger partial charge in [0.1, 0.15) is 5.82 Å². The third kappa shape index (κ3) is 4.00. The van der Waals surface area contributed by atoms with Crippen LogP contribution in [-0.2, 0) is 0 Å². The SMILES string of the molecule is O=C(c1cnn(-c2ccc(F)cc2)c1C1CCNCC1)N1CCC(c2ccccc2)C1. The molecule has 1 atom stereocenters. The van der Waals surface area contributed by atoms with E-state index in [1.807, 2.05) is 15.6 Å². The molecule has 0 radical (unpaired) electrons. The number of hydrogen-bond donors (Lipinski definition) is 1. The third-order valence-electron chi connectivity index (χ3n) is 6.58. The van der Waals surface area contributed by atoms with Gasteiger partial charge in [0.25, 0.3) is 5.91 Å². The van der Waals surface area contributed by atoms with Crippen molar-refractivity contribution in [3.05, 3.63) is 83.4 Å². The Balaban J connectivity index is 1.45. The summed E-state index contributed by atoms with van der Waals surface area (Å²) >= 11 is 0. The maximum atomic E-state index is 13.6. The van der Waals surface area contributed by atoms with Crippen LogP contribution in [0.2, 0.25) is 0 Å². The predicted octanol–water partition coefficient (Wildman–Crippen LogP) is 4.11. The molecule has 1 unspecified atom stereocenters. The number of amides is 1. The van der Waals surface area contributed by atoms with Crippen LogP contribution in [0.4, 0.5) is 4.39 Å². The molecule has 2 aromatic carbocycles. The number of nitrogens with zero attached hydrogens (tertiary/aromatic N) is 3. The average molecular weight is 419 g/mol. The maximum absolute atomic E-state index is 13.6. The van der Waals surface area contributed by atoms with Gasteiger partial charge in [0, 0.05) is 24.9 Å². The van der Waals surface area contributed by atoms with Crippen LogP contribution in [0.1, 0.15) is 52.7 Å². The lowest BCUT2D eigenvalue weighted by molar-refractivity contribution is 0.0788. The van der Waals surface area contributed by atoms with E-state index in [1.54, 1.807) is 18.3 Å². The van der Waals surface area contributed by atoms with Crippen molar-refractivity contribution >= 4 is 5.91 Å². The first kappa shape index (κ1) is 19.9. The van der Waals surface area contributed by atoms with E-state index in [9.17, 15) is 9.18 Å². The number of carbonyl (C=O) groups excluding carboxylic acids is 1. The Kier molecular flexibility index (Phi) is 5.55. The van der Waals surface area contributed by atoms with E-state index in [2.05, 4.69) is 34.7 Å². The van der Waals surface area contributed by atoms with E-state index >= 15 is 0 Å². The summed E-state index contributed by atoms with van der Waals surface area (Å²) in [5.74, 6) is 0.403. The fraction of sp³-hybridized carbons (Fsp3) is 0.360. The van der Waals surface area contributed by atoms with Gasteiger partial charge in [-0.1, -0.05) is 30.3 Å². The number of likely N-dealkylation sites (tertiary alicyclic amines) is 1. The second-order valence-electron chi connectivity index (χ2n) is 8.50. The summed E-state index contributed by atoms with van der Waals surface area (Å²) in [7, 11) is 0. The van der Waals surface area contributed by atoms with Crippen molar-refractivity contribution in [2.45, 2.75) is 31.1 Å². The van der Waals surface area contributed by atoms with Crippen LogP contribution in [0.3, 0.4) is 0 Å². The number of benzene rings is 2. The summed E-state index contributed by atoms with van der Waals surface area (Å²) in [5, 5.41) is 7.98. The summed E-state index contributed by atoms with van der Waals surface area (Å²) in [5.41, 5.74) is 3.72. The van der Waals surface area contributed by atoms with Gasteiger partial charge in [-0.3, -0.25) is 4.79 Å². The lowest BCUT2D eigenvalue weighted by Gasteiger charge is -2.26. The number of nitrogens with one attached hydrogen (secondary N) is 1. The van der Waals surface area contributed by atoms with E-state index in [0.717, 1.165) is 56.8 Å². The Morgan fingerprint density at radius 1 is 0.968 bits per heavy atom. The van der Waals surface area contributed by atoms with E-state index in [-0.39, 0.29) is 17.6 Å². The van der Waals surface area contributed by atoms with Crippen molar-refractivity contribution in [1.29, 1.82) is 0 Å². The minimum absolute atomic E-state index is 0.0559. The monoisotopic (exact) mass is 418 g/mol. The Morgan fingerprint density at radius 3 is 2.45 bits per heavy atom. The van der Waals surface area contributed by atoms with Gasteiger partial charge in [0.05, 0.1) is 23.1 Å². The molecule has 1 aromatic heterocycles. The molecular formula is C25H27FN4O. The number of hydrogen-bond acceptors (Lipinski definition) is 3. The highest BCUT2D eigenvalue weighted by atomic mass is 19.1. The van der Waals surface area contributed by atoms with Gasteiger partial charge in [-0.05, 0) is 62.2 Å². The molecule has 2 aliphatic rings. The Bertz CT molecular complexity index is 1040. The van der Waals surface area contributed by atoms with Gasteiger partial charge >= 0.3 is 0 Å². The zero-order chi connectivity index (χ0) is 21.2. The molecule has 2 aliphatic heterocycles. The molecule has 160 valence electrons. The minimum atomic E-state index is -0.278. The van der Waals surface area contributed by atoms with Gasteiger partial charge in [0.2, 0.25) is 0 Å². The van der Waals surface area contributed by atoms with Gasteiger partial charge < -0.3 is 10.2 Å². The standard InChI is InChI=1S/C25H27FN4O/c26-21-6-8-22(9-7-21)30-24(19-10-13-27-14-11-19)23(16-28-30)25(31)29-15-12-20(17-29)18-4-2-1-3-5-18/h1-9,16,19-20,27H,10-15,17H2. The summed E-state index contributed by atoms with van der Waals surface area (Å²) < 4.78 is 15.3. The summed E-state index contributed by atoms with van der Waals surface area (Å²) in [6, 6.07) is 16.8. The van der Waals surface area contributed by atoms with Gasteiger partial charge in [-0.25, -0.2) is 9.07 Å². The number of carbonyl (C=O) groups is 1. The highest BCUT2D eigenvalue weighted by molar-refractivity contribution is 5.95. The van der Waals surface area contributed by atoms with Crippen molar-refractivity contribution in [1.82, 2.24) is 20.0 Å². The zero-order valence-corrected chi connectivity index (χ0v) is 17.5. The highest BCUT2D eigenvalue weighted by Crippen LogP contribution is 2.33. The molecule has 0 bridgehead atoms. The zero-order valence-electron chi connectivity index (χ0n) is 17.5. The largest absolute Gasteiger partial charge is 0.338 e. The summed E-state index contributed by atoms with van der Waals surface area (Å²) in [6.45, 7) is 3.33. The second kappa shape index (κ2) is 8.63. The molecule has 5 nitrogen and oxygen atoms in total. The molecule has 1 N–H and O–H groups in total.